The fraction of sp³-hybridized carbons (Fsp3) is 0.333. The van der Waals surface area contributed by atoms with Gasteiger partial charge in [0, 0.05) is 51.2 Å². The van der Waals surface area contributed by atoms with E-state index in [9.17, 15) is 4.79 Å². The molecule has 5 rings (SSSR count). The number of hydrogen-bond acceptors (Lipinski definition) is 6. The van der Waals surface area contributed by atoms with Gasteiger partial charge in [0.15, 0.2) is 11.3 Å². The van der Waals surface area contributed by atoms with Crippen LogP contribution >= 0.6 is 15.9 Å². The van der Waals surface area contributed by atoms with Gasteiger partial charge in [-0.3, -0.25) is 14.4 Å². The van der Waals surface area contributed by atoms with Crippen molar-refractivity contribution in [2.45, 2.75) is 20.0 Å². The van der Waals surface area contributed by atoms with Crippen LogP contribution in [0.1, 0.15) is 23.2 Å². The molecule has 9 nitrogen and oxygen atoms in total. The van der Waals surface area contributed by atoms with Crippen molar-refractivity contribution in [3.05, 3.63) is 58.8 Å². The molecule has 0 N–H and O–H groups in total. The Bertz CT molecular complexity index is 1210. The molecule has 1 amide bonds. The Hall–Kier alpha value is -2.98. The molecule has 0 bridgehead atoms. The Morgan fingerprint density at radius 3 is 2.74 bits per heavy atom. The number of hydrogen-bond donors (Lipinski definition) is 0. The number of aromatic nitrogens is 5. The number of piperazine rings is 1. The maximum Gasteiger partial charge on any atom is 0.274 e. The lowest BCUT2D eigenvalue weighted by molar-refractivity contribution is 0.0614. The Kier molecular flexibility index (Phi) is 5.33. The van der Waals surface area contributed by atoms with E-state index >= 15 is 0 Å². The van der Waals surface area contributed by atoms with Crippen molar-refractivity contribution in [1.29, 1.82) is 0 Å². The first-order valence-electron chi connectivity index (χ1n) is 10.2. The second-order valence-corrected chi connectivity index (χ2v) is 8.31. The molecular formula is C21H22BrN7O2. The summed E-state index contributed by atoms with van der Waals surface area (Å²) in [5, 5.41) is 9.19. The van der Waals surface area contributed by atoms with E-state index in [2.05, 4.69) is 36.0 Å². The fourth-order valence-corrected chi connectivity index (χ4v) is 4.32. The van der Waals surface area contributed by atoms with Crippen LogP contribution in [-0.4, -0.2) is 66.3 Å². The molecule has 1 aliphatic rings. The van der Waals surface area contributed by atoms with Crippen LogP contribution in [0.25, 0.3) is 17.0 Å². The minimum absolute atomic E-state index is 0.0766. The van der Waals surface area contributed by atoms with Crippen LogP contribution in [0.15, 0.2) is 51.8 Å². The molecule has 10 heteroatoms. The Morgan fingerprint density at radius 2 is 2.03 bits per heavy atom. The minimum atomic E-state index is -0.0766. The largest absolute Gasteiger partial charge is 0.468 e. The van der Waals surface area contributed by atoms with E-state index in [4.69, 9.17) is 4.42 Å². The van der Waals surface area contributed by atoms with Crippen molar-refractivity contribution in [3.63, 3.8) is 0 Å². The van der Waals surface area contributed by atoms with Gasteiger partial charge in [-0.2, -0.15) is 10.2 Å². The molecule has 4 aromatic heterocycles. The molecule has 160 valence electrons. The van der Waals surface area contributed by atoms with Crippen LogP contribution in [0.3, 0.4) is 0 Å². The van der Waals surface area contributed by atoms with Gasteiger partial charge in [0.05, 0.1) is 23.0 Å². The zero-order chi connectivity index (χ0) is 21.4. The Labute approximate surface area is 187 Å². The molecule has 0 aliphatic carbocycles. The van der Waals surface area contributed by atoms with Gasteiger partial charge in [-0.05, 0) is 41.1 Å². The van der Waals surface area contributed by atoms with Crippen molar-refractivity contribution in [2.75, 3.05) is 26.2 Å². The number of carbonyl (C=O) groups is 1. The number of amides is 1. The lowest BCUT2D eigenvalue weighted by Gasteiger charge is -2.33. The quantitative estimate of drug-likeness (QED) is 0.433. The highest BCUT2D eigenvalue weighted by Gasteiger charge is 2.25. The topological polar surface area (TPSA) is 84.7 Å². The van der Waals surface area contributed by atoms with Gasteiger partial charge in [0.2, 0.25) is 0 Å². The second-order valence-electron chi connectivity index (χ2n) is 7.46. The zero-order valence-corrected chi connectivity index (χ0v) is 18.7. The van der Waals surface area contributed by atoms with Crippen molar-refractivity contribution in [2.24, 2.45) is 0 Å². The summed E-state index contributed by atoms with van der Waals surface area (Å²) in [5.74, 6) is 0.864. The lowest BCUT2D eigenvalue weighted by Crippen LogP contribution is -2.48. The predicted molar refractivity (Wildman–Crippen MR) is 117 cm³/mol. The summed E-state index contributed by atoms with van der Waals surface area (Å²) >= 11 is 3.57. The molecule has 0 aromatic carbocycles. The summed E-state index contributed by atoms with van der Waals surface area (Å²) in [7, 11) is 0. The summed E-state index contributed by atoms with van der Waals surface area (Å²) in [6.07, 6.45) is 5.33. The van der Waals surface area contributed by atoms with Gasteiger partial charge in [-0.1, -0.05) is 0 Å². The number of nitrogens with zero attached hydrogens (tertiary/aromatic N) is 7. The molecular weight excluding hydrogens is 462 g/mol. The van der Waals surface area contributed by atoms with Crippen LogP contribution in [0.2, 0.25) is 0 Å². The van der Waals surface area contributed by atoms with Gasteiger partial charge in [-0.25, -0.2) is 9.50 Å². The van der Waals surface area contributed by atoms with Crippen LogP contribution in [0.5, 0.6) is 0 Å². The highest BCUT2D eigenvalue weighted by atomic mass is 79.9. The maximum absolute atomic E-state index is 13.1. The van der Waals surface area contributed by atoms with Gasteiger partial charge in [0.1, 0.15) is 11.5 Å². The normalized spacial score (nSPS) is 15.1. The molecule has 0 atom stereocenters. The first-order valence-corrected chi connectivity index (χ1v) is 11.0. The van der Waals surface area contributed by atoms with Crippen LogP contribution in [0.4, 0.5) is 0 Å². The zero-order valence-electron chi connectivity index (χ0n) is 17.1. The number of carbonyl (C=O) groups excluding carboxylic acids is 1. The van der Waals surface area contributed by atoms with Crippen molar-refractivity contribution < 1.29 is 9.21 Å². The molecule has 1 saturated heterocycles. The molecule has 5 heterocycles. The Morgan fingerprint density at radius 1 is 1.19 bits per heavy atom. The molecule has 4 aromatic rings. The molecule has 0 radical (unpaired) electrons. The third-order valence-electron chi connectivity index (χ3n) is 5.48. The van der Waals surface area contributed by atoms with Crippen molar-refractivity contribution in [1.82, 2.24) is 34.2 Å². The van der Waals surface area contributed by atoms with E-state index in [1.807, 2.05) is 40.9 Å². The monoisotopic (exact) mass is 483 g/mol. The summed E-state index contributed by atoms with van der Waals surface area (Å²) in [5.41, 5.74) is 2.56. The SMILES string of the molecule is CCn1cc(Br)c(-c2ccnc3cc(C(=O)N4CCN(Cc5ccco5)CC4)nn23)n1. The van der Waals surface area contributed by atoms with E-state index in [1.165, 1.54) is 0 Å². The highest BCUT2D eigenvalue weighted by Crippen LogP contribution is 2.27. The first kappa shape index (κ1) is 20.0. The van der Waals surface area contributed by atoms with Crippen LogP contribution in [0, 0.1) is 0 Å². The van der Waals surface area contributed by atoms with Gasteiger partial charge in [-0.15, -0.1) is 0 Å². The van der Waals surface area contributed by atoms with Crippen LogP contribution in [-0.2, 0) is 13.1 Å². The second kappa shape index (κ2) is 8.27. The highest BCUT2D eigenvalue weighted by molar-refractivity contribution is 9.10. The van der Waals surface area contributed by atoms with Gasteiger partial charge >= 0.3 is 0 Å². The van der Waals surface area contributed by atoms with Gasteiger partial charge < -0.3 is 9.32 Å². The summed E-state index contributed by atoms with van der Waals surface area (Å²) in [6, 6.07) is 7.47. The number of halogens is 1. The maximum atomic E-state index is 13.1. The molecule has 1 fully saturated rings. The minimum Gasteiger partial charge on any atom is -0.468 e. The van der Waals surface area contributed by atoms with Crippen LogP contribution < -0.4 is 0 Å². The van der Waals surface area contributed by atoms with Gasteiger partial charge in [0.25, 0.3) is 5.91 Å². The Balaban J connectivity index is 1.35. The number of furan rings is 1. The summed E-state index contributed by atoms with van der Waals surface area (Å²) in [6.45, 7) is 6.46. The molecule has 31 heavy (non-hydrogen) atoms. The molecule has 1 aliphatic heterocycles. The fourth-order valence-electron chi connectivity index (χ4n) is 3.81. The summed E-state index contributed by atoms with van der Waals surface area (Å²) < 4.78 is 9.84. The predicted octanol–water partition coefficient (Wildman–Crippen LogP) is 2.93. The smallest absolute Gasteiger partial charge is 0.274 e. The van der Waals surface area contributed by atoms with Crippen molar-refractivity contribution >= 4 is 27.5 Å². The number of rotatable bonds is 5. The molecule has 0 saturated carbocycles. The first-order chi connectivity index (χ1) is 15.1. The summed E-state index contributed by atoms with van der Waals surface area (Å²) in [4.78, 5) is 21.6. The van der Waals surface area contributed by atoms with E-state index in [0.29, 0.717) is 24.4 Å². The third-order valence-corrected chi connectivity index (χ3v) is 6.06. The van der Waals surface area contributed by atoms with E-state index in [0.717, 1.165) is 47.8 Å². The van der Waals surface area contributed by atoms with E-state index < -0.39 is 0 Å². The average Bonchev–Trinajstić information content (AvgIpc) is 3.53. The van der Waals surface area contributed by atoms with E-state index in [-0.39, 0.29) is 5.91 Å². The standard InChI is InChI=1S/C21H22BrN7O2/c1-2-28-14-16(22)20(25-28)18-5-6-23-19-12-17(24-29(18)19)21(30)27-9-7-26(8-10-27)13-15-4-3-11-31-15/h3-6,11-12,14H,2,7-10,13H2,1H3. The molecule has 0 unspecified atom stereocenters. The van der Waals surface area contributed by atoms with Crippen molar-refractivity contribution in [3.8, 4) is 11.4 Å². The lowest BCUT2D eigenvalue weighted by atomic mass is 10.2. The average molecular weight is 484 g/mol. The number of fused-ring (bicyclic) bond motifs is 1. The third kappa shape index (κ3) is 3.88. The van der Waals surface area contributed by atoms with E-state index in [1.54, 1.807) is 23.0 Å². The molecule has 0 spiro atoms. The number of aryl methyl sites for hydroxylation is 1.